The summed E-state index contributed by atoms with van der Waals surface area (Å²) in [6, 6.07) is 12.1. The Morgan fingerprint density at radius 3 is 2.57 bits per heavy atom. The van der Waals surface area contributed by atoms with E-state index >= 15 is 8.78 Å². The van der Waals surface area contributed by atoms with Crippen molar-refractivity contribution in [3.63, 3.8) is 0 Å². The van der Waals surface area contributed by atoms with Gasteiger partial charge in [0.2, 0.25) is 5.60 Å². The number of hydrogen-bond donors (Lipinski definition) is 2. The molecule has 4 atom stereocenters. The van der Waals surface area contributed by atoms with Crippen molar-refractivity contribution in [2.75, 3.05) is 12.8 Å². The molecule has 0 aliphatic carbocycles. The molecule has 1 aliphatic rings. The third-order valence-electron chi connectivity index (χ3n) is 7.12. The summed E-state index contributed by atoms with van der Waals surface area (Å²) in [5, 5.41) is 4.18. The fraction of sp³-hybridized carbons (Fsp3) is 0.464. The monoisotopic (exact) mass is 679 g/mol. The summed E-state index contributed by atoms with van der Waals surface area (Å²) >= 11 is 11.5. The van der Waals surface area contributed by atoms with E-state index < -0.39 is 78.0 Å². The second-order valence-corrected chi connectivity index (χ2v) is 15.2. The topological polar surface area (TPSA) is 112 Å². The summed E-state index contributed by atoms with van der Waals surface area (Å²) < 4.78 is 76.9. The maximum absolute atomic E-state index is 15.5. The van der Waals surface area contributed by atoms with Crippen LogP contribution < -0.4 is 16.3 Å². The van der Waals surface area contributed by atoms with Crippen molar-refractivity contribution < 1.29 is 36.4 Å². The number of benzene rings is 2. The van der Waals surface area contributed by atoms with E-state index in [1.54, 1.807) is 13.8 Å². The third-order valence-corrected chi connectivity index (χ3v) is 10.7. The lowest BCUT2D eigenvalue weighted by Gasteiger charge is -2.36. The summed E-state index contributed by atoms with van der Waals surface area (Å²) in [7, 11) is 0. The van der Waals surface area contributed by atoms with Gasteiger partial charge in [-0.1, -0.05) is 65.9 Å². The number of carbonyl (C=O) groups is 1. The van der Waals surface area contributed by atoms with Crippen LogP contribution in [-0.4, -0.2) is 58.4 Å². The van der Waals surface area contributed by atoms with Crippen molar-refractivity contribution in [1.82, 2.24) is 14.6 Å². The Morgan fingerprint density at radius 2 is 1.89 bits per heavy atom. The summed E-state index contributed by atoms with van der Waals surface area (Å²) in [4.78, 5) is 38.4. The van der Waals surface area contributed by atoms with Crippen LogP contribution in [0.5, 0.6) is 0 Å². The highest BCUT2D eigenvalue weighted by Gasteiger charge is 2.68. The molecule has 0 bridgehead atoms. The first kappa shape index (κ1) is 34.3. The number of esters is 1. The molecule has 2 N–H and O–H groups in total. The van der Waals surface area contributed by atoms with E-state index in [1.165, 1.54) is 6.92 Å². The number of nitrogens with one attached hydrogen (secondary N) is 2. The Kier molecular flexibility index (Phi) is 10.4. The second-order valence-electron chi connectivity index (χ2n) is 10.7. The zero-order valence-corrected chi connectivity index (χ0v) is 26.4. The van der Waals surface area contributed by atoms with Crippen molar-refractivity contribution >= 4 is 46.6 Å². The van der Waals surface area contributed by atoms with Crippen LogP contribution in [0.1, 0.15) is 39.0 Å². The Balaban J connectivity index is 1.64. The minimum Gasteiger partial charge on any atom is -0.462 e. The molecule has 240 valence electrons. The van der Waals surface area contributed by atoms with Gasteiger partial charge in [-0.3, -0.25) is 24.2 Å². The fourth-order valence-corrected chi connectivity index (χ4v) is 7.86. The van der Waals surface area contributed by atoms with Crippen LogP contribution in [0.15, 0.2) is 58.3 Å². The molecule has 1 aromatic heterocycles. The maximum Gasteiger partial charge on any atom is 0.330 e. The molecule has 2 heterocycles. The number of hydrogen-bond acceptors (Lipinski definition) is 7. The summed E-state index contributed by atoms with van der Waals surface area (Å²) in [6.07, 6.45) is -10.0. The van der Waals surface area contributed by atoms with E-state index in [0.717, 1.165) is 22.5 Å². The smallest absolute Gasteiger partial charge is 0.330 e. The minimum absolute atomic E-state index is 0.00105. The van der Waals surface area contributed by atoms with Crippen LogP contribution in [0.4, 0.5) is 17.6 Å². The first-order chi connectivity index (χ1) is 20.6. The molecular weight excluding hydrogens is 649 g/mol. The van der Waals surface area contributed by atoms with Crippen LogP contribution in [0.3, 0.4) is 0 Å². The molecule has 2 aromatic carbocycles. The zero-order chi connectivity index (χ0) is 32.4. The fourth-order valence-electron chi connectivity index (χ4n) is 4.83. The van der Waals surface area contributed by atoms with Crippen LogP contribution in [-0.2, 0) is 37.0 Å². The van der Waals surface area contributed by atoms with Gasteiger partial charge in [0.15, 0.2) is 0 Å². The minimum atomic E-state index is -4.22. The number of H-pyrrole nitrogens is 1. The van der Waals surface area contributed by atoms with Gasteiger partial charge in [0.25, 0.3) is 17.9 Å². The van der Waals surface area contributed by atoms with Gasteiger partial charge in [-0.25, -0.2) is 22.4 Å². The van der Waals surface area contributed by atoms with Gasteiger partial charge in [-0.2, -0.15) is 0 Å². The standard InChI is InChI=1S/C28H31ClF4N3O6PS/c1-16(2)41-24(38)17(3)35-43(44,12-11-19-9-6-8-18-7-4-5-10-20(18)19)40-15-27(25(30)31)28(32,33)13-22(42-27)36-14-21(29)23(37)34-26(36)39/h4-10,14,16-17,22,25H,11-13,15H2,1-3H3,(H,35,44)(H,34,37,39)/t17-,22+,27-,43?/m0/s1. The van der Waals surface area contributed by atoms with Crippen LogP contribution in [0, 0.1) is 0 Å². The SMILES string of the molecule is CC(C)OC(=O)[C@H](C)NP(=S)(CCc1cccc2ccccc12)OC[C@@]1(C(F)F)O[C@@H](n2cc(Cl)c(=O)[nH]c2=O)CC1(F)F. The number of aromatic nitrogens is 2. The number of aryl methyl sites for hydroxylation is 1. The number of fused-ring (bicyclic) bond motifs is 1. The molecule has 3 aromatic rings. The molecule has 9 nitrogen and oxygen atoms in total. The lowest BCUT2D eigenvalue weighted by Crippen LogP contribution is -2.54. The van der Waals surface area contributed by atoms with E-state index in [2.05, 4.69) is 5.09 Å². The molecule has 44 heavy (non-hydrogen) atoms. The summed E-state index contributed by atoms with van der Waals surface area (Å²) in [5.74, 6) is -4.91. The lowest BCUT2D eigenvalue weighted by molar-refractivity contribution is -0.236. The van der Waals surface area contributed by atoms with Crippen LogP contribution in [0.25, 0.3) is 10.8 Å². The van der Waals surface area contributed by atoms with Gasteiger partial charge in [0.1, 0.15) is 23.7 Å². The Hall–Kier alpha value is -2.61. The van der Waals surface area contributed by atoms with E-state index in [9.17, 15) is 23.2 Å². The number of aromatic amines is 1. The highest BCUT2D eigenvalue weighted by Crippen LogP contribution is 2.54. The summed E-state index contributed by atoms with van der Waals surface area (Å²) in [5.41, 5.74) is -4.83. The lowest BCUT2D eigenvalue weighted by atomic mass is 9.97. The second kappa shape index (κ2) is 13.4. The van der Waals surface area contributed by atoms with Crippen molar-refractivity contribution in [1.29, 1.82) is 0 Å². The predicted octanol–water partition coefficient (Wildman–Crippen LogP) is 5.40. The highest BCUT2D eigenvalue weighted by atomic mass is 35.5. The average Bonchev–Trinajstić information content (AvgIpc) is 3.23. The number of ether oxygens (including phenoxy) is 2. The van der Waals surface area contributed by atoms with Gasteiger partial charge in [0.05, 0.1) is 19.1 Å². The first-order valence-electron chi connectivity index (χ1n) is 13.6. The Bertz CT molecular complexity index is 1680. The number of alkyl halides is 4. The molecule has 1 unspecified atom stereocenters. The number of rotatable bonds is 12. The molecule has 1 fully saturated rings. The Labute approximate surface area is 260 Å². The van der Waals surface area contributed by atoms with Gasteiger partial charge in [-0.15, -0.1) is 0 Å². The number of carbonyl (C=O) groups excluding carboxylic acids is 1. The van der Waals surface area contributed by atoms with Gasteiger partial charge in [0, 0.05) is 12.4 Å². The zero-order valence-electron chi connectivity index (χ0n) is 23.9. The van der Waals surface area contributed by atoms with Gasteiger partial charge < -0.3 is 14.0 Å². The van der Waals surface area contributed by atoms with Crippen molar-refractivity contribution in [3.05, 3.63) is 80.1 Å². The van der Waals surface area contributed by atoms with Crippen LogP contribution in [0.2, 0.25) is 5.02 Å². The molecule has 16 heteroatoms. The highest BCUT2D eigenvalue weighted by molar-refractivity contribution is 8.11. The van der Waals surface area contributed by atoms with Crippen molar-refractivity contribution in [2.24, 2.45) is 0 Å². The van der Waals surface area contributed by atoms with Gasteiger partial charge >= 0.3 is 11.7 Å². The molecule has 4 rings (SSSR count). The molecule has 0 radical (unpaired) electrons. The van der Waals surface area contributed by atoms with E-state index in [0.29, 0.717) is 4.57 Å². The average molecular weight is 680 g/mol. The summed E-state index contributed by atoms with van der Waals surface area (Å²) in [6.45, 7) is 3.35. The van der Waals surface area contributed by atoms with Crippen molar-refractivity contribution in [3.8, 4) is 0 Å². The molecular formula is C28H31ClF4N3O6PS. The Morgan fingerprint density at radius 1 is 1.20 bits per heavy atom. The molecule has 0 spiro atoms. The third kappa shape index (κ3) is 7.27. The first-order valence-corrected chi connectivity index (χ1v) is 16.9. The number of nitrogens with zero attached hydrogens (tertiary/aromatic N) is 1. The molecule has 0 amide bonds. The quantitative estimate of drug-likeness (QED) is 0.149. The molecule has 1 aliphatic heterocycles. The van der Waals surface area contributed by atoms with Gasteiger partial charge in [-0.05, 0) is 43.5 Å². The molecule has 0 saturated carbocycles. The van der Waals surface area contributed by atoms with Crippen LogP contribution >= 0.6 is 18.0 Å². The van der Waals surface area contributed by atoms with E-state index in [-0.39, 0.29) is 12.6 Å². The normalized spacial score (nSPS) is 21.9. The molecule has 1 saturated heterocycles. The largest absolute Gasteiger partial charge is 0.462 e. The maximum atomic E-state index is 15.5. The number of halogens is 5. The van der Waals surface area contributed by atoms with E-state index in [4.69, 9.17) is 37.4 Å². The van der Waals surface area contributed by atoms with E-state index in [1.807, 2.05) is 47.4 Å². The van der Waals surface area contributed by atoms with Crippen molar-refractivity contribution in [2.45, 2.75) is 69.9 Å². The predicted molar refractivity (Wildman–Crippen MR) is 161 cm³/mol.